The Morgan fingerprint density at radius 2 is 1.87 bits per heavy atom. The zero-order valence-corrected chi connectivity index (χ0v) is 20.3. The molecule has 31 heavy (non-hydrogen) atoms. The molecule has 0 aliphatic heterocycles. The first-order chi connectivity index (χ1) is 15.0. The predicted molar refractivity (Wildman–Crippen MR) is 131 cm³/mol. The topological polar surface area (TPSA) is 68.8 Å². The molecule has 0 saturated carbocycles. The van der Waals surface area contributed by atoms with Gasteiger partial charge in [0.2, 0.25) is 0 Å². The largest absolute Gasteiger partial charge is 0.493 e. The third-order valence-electron chi connectivity index (χ3n) is 4.32. The molecule has 0 fully saturated rings. The third kappa shape index (κ3) is 9.25. The molecular formula is C23H29BrN2O4S. The van der Waals surface area contributed by atoms with Gasteiger partial charge in [-0.2, -0.15) is 0 Å². The number of hydrogen-bond donors (Lipinski definition) is 2. The van der Waals surface area contributed by atoms with Crippen LogP contribution in [-0.2, 0) is 4.74 Å². The Morgan fingerprint density at radius 1 is 1.03 bits per heavy atom. The molecule has 0 radical (unpaired) electrons. The highest BCUT2D eigenvalue weighted by atomic mass is 79.9. The number of methoxy groups -OCH3 is 1. The van der Waals surface area contributed by atoms with E-state index in [1.165, 1.54) is 12.8 Å². The summed E-state index contributed by atoms with van der Waals surface area (Å²) in [6, 6.07) is 12.7. The van der Waals surface area contributed by atoms with Crippen LogP contribution < -0.4 is 20.1 Å². The number of unbranched alkanes of at least 4 members (excludes halogenated alkanes) is 3. The highest BCUT2D eigenvalue weighted by Crippen LogP contribution is 2.24. The average Bonchev–Trinajstić information content (AvgIpc) is 2.75. The monoisotopic (exact) mass is 508 g/mol. The number of carbonyl (C=O) groups excluding carboxylic acids is 1. The number of anilines is 1. The molecule has 0 saturated heterocycles. The predicted octanol–water partition coefficient (Wildman–Crippen LogP) is 5.56. The van der Waals surface area contributed by atoms with Crippen LogP contribution in [0.2, 0.25) is 0 Å². The maximum absolute atomic E-state index is 12.8. The number of thiocarbonyl (C=S) groups is 1. The number of amides is 1. The van der Waals surface area contributed by atoms with Gasteiger partial charge < -0.3 is 19.5 Å². The van der Waals surface area contributed by atoms with Gasteiger partial charge in [-0.15, -0.1) is 0 Å². The van der Waals surface area contributed by atoms with E-state index >= 15 is 0 Å². The minimum atomic E-state index is -0.338. The summed E-state index contributed by atoms with van der Waals surface area (Å²) in [6.45, 7) is 3.69. The van der Waals surface area contributed by atoms with E-state index in [0.717, 1.165) is 17.3 Å². The van der Waals surface area contributed by atoms with Crippen LogP contribution in [0.3, 0.4) is 0 Å². The van der Waals surface area contributed by atoms with Crippen molar-refractivity contribution in [3.8, 4) is 11.5 Å². The molecule has 0 atom stereocenters. The second kappa shape index (κ2) is 14.0. The summed E-state index contributed by atoms with van der Waals surface area (Å²) in [5.41, 5.74) is 1.13. The summed E-state index contributed by atoms with van der Waals surface area (Å²) in [4.78, 5) is 12.8. The number of halogens is 1. The lowest BCUT2D eigenvalue weighted by Gasteiger charge is -2.14. The Bertz CT molecular complexity index is 863. The molecule has 0 unspecified atom stereocenters. The molecule has 168 valence electrons. The van der Waals surface area contributed by atoms with Crippen LogP contribution in [-0.4, -0.2) is 38.0 Å². The average molecular weight is 509 g/mol. The Hall–Kier alpha value is -2.16. The number of carbonyl (C=O) groups is 1. The fourth-order valence-electron chi connectivity index (χ4n) is 2.76. The summed E-state index contributed by atoms with van der Waals surface area (Å²) >= 11 is 8.73. The van der Waals surface area contributed by atoms with Crippen molar-refractivity contribution in [3.05, 3.63) is 52.5 Å². The van der Waals surface area contributed by atoms with Crippen LogP contribution in [0.1, 0.15) is 43.0 Å². The van der Waals surface area contributed by atoms with Crippen molar-refractivity contribution in [3.63, 3.8) is 0 Å². The first kappa shape index (κ1) is 25.1. The van der Waals surface area contributed by atoms with Gasteiger partial charge in [-0.1, -0.05) is 48.2 Å². The number of hydrogen-bond acceptors (Lipinski definition) is 5. The number of rotatable bonds is 12. The van der Waals surface area contributed by atoms with Gasteiger partial charge in [0, 0.05) is 23.3 Å². The highest BCUT2D eigenvalue weighted by molar-refractivity contribution is 9.10. The molecular weight excluding hydrogens is 480 g/mol. The third-order valence-corrected chi connectivity index (χ3v) is 5.01. The van der Waals surface area contributed by atoms with E-state index in [1.54, 1.807) is 25.3 Å². The lowest BCUT2D eigenvalue weighted by molar-refractivity contribution is 0.0973. The Labute approximate surface area is 197 Å². The number of ether oxygens (including phenoxy) is 3. The molecule has 0 spiro atoms. The molecule has 2 N–H and O–H groups in total. The van der Waals surface area contributed by atoms with Gasteiger partial charge in [0.05, 0.1) is 18.8 Å². The van der Waals surface area contributed by atoms with Crippen molar-refractivity contribution < 1.29 is 19.0 Å². The molecule has 2 aromatic carbocycles. The Kier molecular flexibility index (Phi) is 11.3. The number of nitrogens with one attached hydrogen (secondary N) is 2. The molecule has 0 aliphatic carbocycles. The summed E-state index contributed by atoms with van der Waals surface area (Å²) in [5.74, 6) is 0.880. The first-order valence-electron chi connectivity index (χ1n) is 10.3. The van der Waals surface area contributed by atoms with Crippen LogP contribution in [0.5, 0.6) is 11.5 Å². The molecule has 6 nitrogen and oxygen atoms in total. The smallest absolute Gasteiger partial charge is 0.261 e. The second-order valence-electron chi connectivity index (χ2n) is 6.83. The molecule has 2 aromatic rings. The number of benzene rings is 2. The van der Waals surface area contributed by atoms with Gasteiger partial charge in [0.1, 0.15) is 18.1 Å². The van der Waals surface area contributed by atoms with Crippen LogP contribution in [0.25, 0.3) is 0 Å². The zero-order valence-electron chi connectivity index (χ0n) is 17.9. The molecule has 8 heteroatoms. The summed E-state index contributed by atoms with van der Waals surface area (Å²) in [7, 11) is 1.62. The van der Waals surface area contributed by atoms with Gasteiger partial charge in [0.25, 0.3) is 5.91 Å². The lowest BCUT2D eigenvalue weighted by atomic mass is 10.2. The van der Waals surface area contributed by atoms with Crippen molar-refractivity contribution >= 4 is 44.9 Å². The molecule has 0 bridgehead atoms. The molecule has 0 heterocycles. The minimum absolute atomic E-state index is 0.188. The van der Waals surface area contributed by atoms with Gasteiger partial charge in [-0.25, -0.2) is 0 Å². The van der Waals surface area contributed by atoms with E-state index in [9.17, 15) is 4.79 Å². The normalized spacial score (nSPS) is 10.4. The molecule has 2 rings (SSSR count). The van der Waals surface area contributed by atoms with E-state index in [0.29, 0.717) is 42.6 Å². The van der Waals surface area contributed by atoms with Gasteiger partial charge in [0.15, 0.2) is 5.11 Å². The second-order valence-corrected chi connectivity index (χ2v) is 8.15. The van der Waals surface area contributed by atoms with Crippen LogP contribution >= 0.6 is 28.1 Å². The SMILES string of the molecule is CCCCCCOc1ccc(Br)cc1C(=O)NC(=S)Nc1cccc(OCCOC)c1. The van der Waals surface area contributed by atoms with E-state index < -0.39 is 0 Å². The van der Waals surface area contributed by atoms with Gasteiger partial charge in [-0.3, -0.25) is 10.1 Å². The summed E-state index contributed by atoms with van der Waals surface area (Å²) in [6.07, 6.45) is 4.40. The van der Waals surface area contributed by atoms with Crippen LogP contribution in [0.15, 0.2) is 46.9 Å². The quantitative estimate of drug-likeness (QED) is 0.289. The molecule has 0 aliphatic rings. The standard InChI is InChI=1S/C23H29BrN2O4S/c1-3-4-5-6-12-30-21-11-10-17(24)15-20(21)22(27)26-23(31)25-18-8-7-9-19(16-18)29-14-13-28-2/h7-11,15-16H,3-6,12-14H2,1-2H3,(H2,25,26,27,31). The van der Waals surface area contributed by atoms with Crippen molar-refractivity contribution in [1.29, 1.82) is 0 Å². The van der Waals surface area contributed by atoms with Gasteiger partial charge >= 0.3 is 0 Å². The highest BCUT2D eigenvalue weighted by Gasteiger charge is 2.15. The maximum Gasteiger partial charge on any atom is 0.261 e. The van der Waals surface area contributed by atoms with Crippen molar-refractivity contribution in [1.82, 2.24) is 5.32 Å². The maximum atomic E-state index is 12.8. The summed E-state index contributed by atoms with van der Waals surface area (Å²) in [5, 5.41) is 5.91. The van der Waals surface area contributed by atoms with Gasteiger partial charge in [-0.05, 0) is 49.0 Å². The van der Waals surface area contributed by atoms with Crippen LogP contribution in [0.4, 0.5) is 5.69 Å². The van der Waals surface area contributed by atoms with E-state index in [1.807, 2.05) is 24.3 Å². The van der Waals surface area contributed by atoms with E-state index in [4.69, 9.17) is 26.4 Å². The molecule has 0 aromatic heterocycles. The van der Waals surface area contributed by atoms with Crippen molar-refractivity contribution in [2.24, 2.45) is 0 Å². The van der Waals surface area contributed by atoms with E-state index in [2.05, 4.69) is 33.5 Å². The summed E-state index contributed by atoms with van der Waals surface area (Å²) < 4.78 is 17.2. The molecule has 1 amide bonds. The van der Waals surface area contributed by atoms with Crippen molar-refractivity contribution in [2.75, 3.05) is 32.2 Å². The van der Waals surface area contributed by atoms with Crippen molar-refractivity contribution in [2.45, 2.75) is 32.6 Å². The van der Waals surface area contributed by atoms with E-state index in [-0.39, 0.29) is 11.0 Å². The Balaban J connectivity index is 1.95. The Morgan fingerprint density at radius 3 is 2.65 bits per heavy atom. The zero-order chi connectivity index (χ0) is 22.5. The minimum Gasteiger partial charge on any atom is -0.493 e. The fraction of sp³-hybridized carbons (Fsp3) is 0.391. The fourth-order valence-corrected chi connectivity index (χ4v) is 3.33. The first-order valence-corrected chi connectivity index (χ1v) is 11.5. The van der Waals surface area contributed by atoms with Crippen LogP contribution in [0, 0.1) is 0 Å². The lowest BCUT2D eigenvalue weighted by Crippen LogP contribution is -2.34.